The molecule has 0 aromatic carbocycles. The van der Waals surface area contributed by atoms with Crippen molar-refractivity contribution in [3.05, 3.63) is 54.2 Å². The van der Waals surface area contributed by atoms with Gasteiger partial charge in [-0.05, 0) is 56.4 Å². The highest BCUT2D eigenvalue weighted by atomic mass is 15.3. The molecule has 0 atom stereocenters. The maximum absolute atomic E-state index is 4.69. The fourth-order valence-electron chi connectivity index (χ4n) is 3.33. The Hall–Kier alpha value is -2.69. The van der Waals surface area contributed by atoms with Gasteiger partial charge in [-0.25, -0.2) is 4.68 Å². The summed E-state index contributed by atoms with van der Waals surface area (Å²) in [6.07, 6.45) is 13.6. The van der Waals surface area contributed by atoms with Crippen molar-refractivity contribution >= 4 is 5.69 Å². The maximum atomic E-state index is 4.69. The average molecular weight is 347 g/mol. The first-order valence-electron chi connectivity index (χ1n) is 9.46. The Labute approximate surface area is 154 Å². The molecule has 5 heteroatoms. The van der Waals surface area contributed by atoms with E-state index in [0.29, 0.717) is 6.04 Å². The Morgan fingerprint density at radius 3 is 2.81 bits per heavy atom. The SMILES string of the molecule is CCCc1cc(-n2cc(-c3ncc(NC4CCC4)cc3C)cn2)ccn1. The van der Waals surface area contributed by atoms with Crippen LogP contribution in [0.5, 0.6) is 0 Å². The number of aryl methyl sites for hydroxylation is 2. The van der Waals surface area contributed by atoms with Gasteiger partial charge < -0.3 is 5.32 Å². The first kappa shape index (κ1) is 16.8. The molecule has 0 aliphatic heterocycles. The summed E-state index contributed by atoms with van der Waals surface area (Å²) in [5.41, 5.74) is 6.43. The summed E-state index contributed by atoms with van der Waals surface area (Å²) in [7, 11) is 0. The van der Waals surface area contributed by atoms with Gasteiger partial charge in [0, 0.05) is 29.7 Å². The molecule has 0 amide bonds. The minimum absolute atomic E-state index is 0.619. The van der Waals surface area contributed by atoms with Crippen molar-refractivity contribution in [3.63, 3.8) is 0 Å². The predicted octanol–water partition coefficient (Wildman–Crippen LogP) is 4.55. The van der Waals surface area contributed by atoms with Gasteiger partial charge in [-0.3, -0.25) is 9.97 Å². The second kappa shape index (κ2) is 7.28. The number of hydrogen-bond donors (Lipinski definition) is 1. The quantitative estimate of drug-likeness (QED) is 0.710. The molecule has 4 rings (SSSR count). The van der Waals surface area contributed by atoms with Crippen LogP contribution in [0.15, 0.2) is 43.0 Å². The molecule has 1 aliphatic rings. The Morgan fingerprint density at radius 1 is 1.19 bits per heavy atom. The fraction of sp³-hybridized carbons (Fsp3) is 0.381. The van der Waals surface area contributed by atoms with Crippen molar-refractivity contribution in [1.82, 2.24) is 19.7 Å². The molecule has 1 fully saturated rings. The number of hydrogen-bond acceptors (Lipinski definition) is 4. The van der Waals surface area contributed by atoms with Crippen molar-refractivity contribution in [2.75, 3.05) is 5.32 Å². The van der Waals surface area contributed by atoms with Crippen molar-refractivity contribution < 1.29 is 0 Å². The summed E-state index contributed by atoms with van der Waals surface area (Å²) >= 11 is 0. The molecule has 26 heavy (non-hydrogen) atoms. The van der Waals surface area contributed by atoms with Crippen LogP contribution in [0.2, 0.25) is 0 Å². The molecule has 3 aromatic heterocycles. The van der Waals surface area contributed by atoms with E-state index in [1.807, 2.05) is 35.5 Å². The minimum Gasteiger partial charge on any atom is -0.381 e. The number of rotatable bonds is 6. The summed E-state index contributed by atoms with van der Waals surface area (Å²) in [6.45, 7) is 4.27. The lowest BCUT2D eigenvalue weighted by molar-refractivity contribution is 0.445. The van der Waals surface area contributed by atoms with Gasteiger partial charge >= 0.3 is 0 Å². The summed E-state index contributed by atoms with van der Waals surface area (Å²) in [4.78, 5) is 9.10. The third-order valence-electron chi connectivity index (χ3n) is 4.98. The van der Waals surface area contributed by atoms with Gasteiger partial charge in [-0.1, -0.05) is 13.3 Å². The van der Waals surface area contributed by atoms with Gasteiger partial charge in [0.2, 0.25) is 0 Å². The number of nitrogens with one attached hydrogen (secondary N) is 1. The van der Waals surface area contributed by atoms with Gasteiger partial charge in [0.1, 0.15) is 0 Å². The smallest absolute Gasteiger partial charge is 0.0764 e. The summed E-state index contributed by atoms with van der Waals surface area (Å²) in [6, 6.07) is 6.89. The van der Waals surface area contributed by atoms with E-state index in [2.05, 4.69) is 46.4 Å². The molecular weight excluding hydrogens is 322 g/mol. The molecular formula is C21H25N5. The first-order valence-corrected chi connectivity index (χ1v) is 9.46. The van der Waals surface area contributed by atoms with Crippen LogP contribution in [0.3, 0.4) is 0 Å². The van der Waals surface area contributed by atoms with E-state index in [1.54, 1.807) is 0 Å². The summed E-state index contributed by atoms with van der Waals surface area (Å²) in [5.74, 6) is 0. The zero-order valence-electron chi connectivity index (χ0n) is 15.4. The highest BCUT2D eigenvalue weighted by molar-refractivity contribution is 5.64. The van der Waals surface area contributed by atoms with Crippen molar-refractivity contribution in [2.45, 2.75) is 52.0 Å². The van der Waals surface area contributed by atoms with Crippen LogP contribution in [-0.2, 0) is 6.42 Å². The van der Waals surface area contributed by atoms with Gasteiger partial charge in [-0.2, -0.15) is 5.10 Å². The second-order valence-electron chi connectivity index (χ2n) is 7.09. The van der Waals surface area contributed by atoms with E-state index < -0.39 is 0 Å². The zero-order chi connectivity index (χ0) is 17.9. The van der Waals surface area contributed by atoms with Crippen LogP contribution in [0, 0.1) is 6.92 Å². The topological polar surface area (TPSA) is 55.6 Å². The minimum atomic E-state index is 0.619. The third kappa shape index (κ3) is 3.47. The van der Waals surface area contributed by atoms with Crippen molar-refractivity contribution in [2.24, 2.45) is 0 Å². The van der Waals surface area contributed by atoms with Crippen molar-refractivity contribution in [1.29, 1.82) is 0 Å². The average Bonchev–Trinajstić information content (AvgIpc) is 3.09. The highest BCUT2D eigenvalue weighted by Gasteiger charge is 2.17. The van der Waals surface area contributed by atoms with E-state index in [1.165, 1.54) is 19.3 Å². The number of nitrogens with zero attached hydrogens (tertiary/aromatic N) is 4. The van der Waals surface area contributed by atoms with E-state index in [-0.39, 0.29) is 0 Å². The molecule has 0 saturated heterocycles. The Kier molecular flexibility index (Phi) is 4.69. The molecule has 0 unspecified atom stereocenters. The van der Waals surface area contributed by atoms with Crippen LogP contribution in [-0.4, -0.2) is 25.8 Å². The lowest BCUT2D eigenvalue weighted by atomic mass is 9.93. The first-order chi connectivity index (χ1) is 12.7. The molecule has 134 valence electrons. The van der Waals surface area contributed by atoms with Crippen LogP contribution in [0.1, 0.15) is 43.9 Å². The highest BCUT2D eigenvalue weighted by Crippen LogP contribution is 2.27. The molecule has 0 spiro atoms. The van der Waals surface area contributed by atoms with E-state index in [4.69, 9.17) is 0 Å². The number of pyridine rings is 2. The van der Waals surface area contributed by atoms with Crippen molar-refractivity contribution in [3.8, 4) is 16.9 Å². The molecule has 1 N–H and O–H groups in total. The van der Waals surface area contributed by atoms with Gasteiger partial charge in [-0.15, -0.1) is 0 Å². The molecule has 3 aromatic rings. The van der Waals surface area contributed by atoms with E-state index in [9.17, 15) is 0 Å². The molecule has 1 saturated carbocycles. The number of anilines is 1. The predicted molar refractivity (Wildman–Crippen MR) is 105 cm³/mol. The lowest BCUT2D eigenvalue weighted by Gasteiger charge is -2.27. The standard InChI is InChI=1S/C21H25N5/c1-3-5-18-11-20(8-9-22-18)26-14-16(12-24-26)21-15(2)10-19(13-23-21)25-17-6-4-7-17/h8-14,17,25H,3-7H2,1-2H3. The monoisotopic (exact) mass is 347 g/mol. The second-order valence-corrected chi connectivity index (χ2v) is 7.09. The normalized spacial score (nSPS) is 14.2. The lowest BCUT2D eigenvalue weighted by Crippen LogP contribution is -2.27. The Bertz CT molecular complexity index is 895. The molecule has 1 aliphatic carbocycles. The van der Waals surface area contributed by atoms with Gasteiger partial charge in [0.25, 0.3) is 0 Å². The van der Waals surface area contributed by atoms with E-state index in [0.717, 1.165) is 46.7 Å². The number of aromatic nitrogens is 4. The fourth-order valence-corrected chi connectivity index (χ4v) is 3.33. The largest absolute Gasteiger partial charge is 0.381 e. The third-order valence-corrected chi connectivity index (χ3v) is 4.98. The zero-order valence-corrected chi connectivity index (χ0v) is 15.4. The Balaban J connectivity index is 1.56. The van der Waals surface area contributed by atoms with E-state index >= 15 is 0 Å². The maximum Gasteiger partial charge on any atom is 0.0764 e. The van der Waals surface area contributed by atoms with Crippen LogP contribution >= 0.6 is 0 Å². The Morgan fingerprint density at radius 2 is 2.08 bits per heavy atom. The van der Waals surface area contributed by atoms with Gasteiger partial charge in [0.05, 0.1) is 29.5 Å². The van der Waals surface area contributed by atoms with Gasteiger partial charge in [0.15, 0.2) is 0 Å². The molecule has 0 bridgehead atoms. The molecule has 5 nitrogen and oxygen atoms in total. The van der Waals surface area contributed by atoms with Crippen LogP contribution in [0.25, 0.3) is 16.9 Å². The molecule has 0 radical (unpaired) electrons. The summed E-state index contributed by atoms with van der Waals surface area (Å²) in [5, 5.41) is 8.09. The molecule has 3 heterocycles. The van der Waals surface area contributed by atoms with Crippen LogP contribution < -0.4 is 5.32 Å². The summed E-state index contributed by atoms with van der Waals surface area (Å²) < 4.78 is 1.90. The van der Waals surface area contributed by atoms with Crippen LogP contribution in [0.4, 0.5) is 5.69 Å².